The maximum Gasteiger partial charge on any atom is 0.306 e. The van der Waals surface area contributed by atoms with Gasteiger partial charge in [0.25, 0.3) is 0 Å². The van der Waals surface area contributed by atoms with Crippen LogP contribution >= 0.6 is 12.4 Å². The number of rotatable bonds is 7. The fourth-order valence-corrected chi connectivity index (χ4v) is 1.37. The number of aromatic nitrogens is 2. The van der Waals surface area contributed by atoms with Gasteiger partial charge < -0.3 is 10.2 Å². The van der Waals surface area contributed by atoms with Crippen molar-refractivity contribution < 1.29 is 9.72 Å². The Hall–Kier alpha value is -1.67. The minimum atomic E-state index is -0.510. The third-order valence-electron chi connectivity index (χ3n) is 2.51. The van der Waals surface area contributed by atoms with Gasteiger partial charge in [-0.05, 0) is 7.05 Å². The number of aryl methyl sites for hydroxylation is 1. The van der Waals surface area contributed by atoms with Gasteiger partial charge in [-0.15, -0.1) is 12.4 Å². The molecule has 0 radical (unpaired) electrons. The Morgan fingerprint density at radius 2 is 2.32 bits per heavy atom. The Morgan fingerprint density at radius 1 is 1.63 bits per heavy atom. The molecule has 0 aliphatic heterocycles. The highest BCUT2D eigenvalue weighted by Gasteiger charge is 2.11. The minimum absolute atomic E-state index is 0. The van der Waals surface area contributed by atoms with Crippen LogP contribution in [0.1, 0.15) is 6.42 Å². The Labute approximate surface area is 117 Å². The molecule has 8 nitrogen and oxygen atoms in total. The number of nitrogens with zero attached hydrogens (tertiary/aromatic N) is 4. The summed E-state index contributed by atoms with van der Waals surface area (Å²) < 4.78 is 1.40. The van der Waals surface area contributed by atoms with Crippen LogP contribution in [0.25, 0.3) is 0 Å². The van der Waals surface area contributed by atoms with E-state index in [4.69, 9.17) is 0 Å². The van der Waals surface area contributed by atoms with Gasteiger partial charge in [0.15, 0.2) is 0 Å². The lowest BCUT2D eigenvalue weighted by atomic mass is 10.3. The number of amides is 1. The summed E-state index contributed by atoms with van der Waals surface area (Å²) in [4.78, 5) is 23.2. The Balaban J connectivity index is 0.00000324. The largest absolute Gasteiger partial charge is 0.344 e. The molecule has 0 fully saturated rings. The standard InChI is InChI=1S/C10H17N5O3.ClH/c1-11-4-6-13(2)10(16)3-5-14-8-9(7-12-14)15(17)18;/h7-8,11H,3-6H2,1-2H3;1H. The summed E-state index contributed by atoms with van der Waals surface area (Å²) in [5, 5.41) is 17.2. The molecule has 0 saturated heterocycles. The number of nitrogens with one attached hydrogen (secondary N) is 1. The van der Waals surface area contributed by atoms with Crippen LogP contribution in [-0.2, 0) is 11.3 Å². The van der Waals surface area contributed by atoms with Crippen molar-refractivity contribution in [3.8, 4) is 0 Å². The summed E-state index contributed by atoms with van der Waals surface area (Å²) in [7, 11) is 3.55. The molecule has 1 rings (SSSR count). The van der Waals surface area contributed by atoms with Crippen molar-refractivity contribution in [3.63, 3.8) is 0 Å². The quantitative estimate of drug-likeness (QED) is 0.575. The van der Waals surface area contributed by atoms with Gasteiger partial charge in [0.2, 0.25) is 5.91 Å². The predicted octanol–water partition coefficient (Wildman–Crippen LogP) is 0.281. The molecule has 0 saturated carbocycles. The summed E-state index contributed by atoms with van der Waals surface area (Å²) in [6.07, 6.45) is 2.77. The van der Waals surface area contributed by atoms with Gasteiger partial charge in [0, 0.05) is 33.1 Å². The molecule has 1 amide bonds. The number of hydrogen-bond acceptors (Lipinski definition) is 5. The summed E-state index contributed by atoms with van der Waals surface area (Å²) in [5.74, 6) is -0.0107. The first-order valence-corrected chi connectivity index (χ1v) is 5.60. The van der Waals surface area contributed by atoms with Gasteiger partial charge in [-0.25, -0.2) is 0 Å². The number of carbonyl (C=O) groups excluding carboxylic acids is 1. The molecule has 0 bridgehead atoms. The van der Waals surface area contributed by atoms with Crippen LogP contribution in [0.15, 0.2) is 12.4 Å². The predicted molar refractivity (Wildman–Crippen MR) is 72.3 cm³/mol. The number of likely N-dealkylation sites (N-methyl/N-ethyl adjacent to an activating group) is 2. The second-order valence-electron chi connectivity index (χ2n) is 3.89. The van der Waals surface area contributed by atoms with Crippen LogP contribution in [0.4, 0.5) is 5.69 Å². The molecular formula is C10H18ClN5O3. The molecule has 0 atom stereocenters. The zero-order valence-electron chi connectivity index (χ0n) is 10.9. The molecule has 1 aromatic heterocycles. The Morgan fingerprint density at radius 3 is 2.84 bits per heavy atom. The maximum atomic E-state index is 11.7. The molecule has 108 valence electrons. The van der Waals surface area contributed by atoms with Crippen molar-refractivity contribution >= 4 is 24.0 Å². The number of nitro groups is 1. The smallest absolute Gasteiger partial charge is 0.306 e. The molecule has 1 heterocycles. The number of hydrogen-bond donors (Lipinski definition) is 1. The molecule has 0 unspecified atom stereocenters. The third-order valence-corrected chi connectivity index (χ3v) is 2.51. The zero-order valence-corrected chi connectivity index (χ0v) is 11.7. The molecule has 0 spiro atoms. The van der Waals surface area contributed by atoms with E-state index in [1.807, 2.05) is 7.05 Å². The van der Waals surface area contributed by atoms with E-state index in [9.17, 15) is 14.9 Å². The van der Waals surface area contributed by atoms with Crippen LogP contribution < -0.4 is 5.32 Å². The first kappa shape index (κ1) is 17.3. The van der Waals surface area contributed by atoms with Crippen LogP contribution in [0.3, 0.4) is 0 Å². The number of carbonyl (C=O) groups is 1. The van der Waals surface area contributed by atoms with Crippen molar-refractivity contribution in [2.45, 2.75) is 13.0 Å². The molecule has 0 aliphatic rings. The Bertz CT molecular complexity index is 423. The lowest BCUT2D eigenvalue weighted by molar-refractivity contribution is -0.385. The topological polar surface area (TPSA) is 93.3 Å². The van der Waals surface area contributed by atoms with Crippen LogP contribution in [0, 0.1) is 10.1 Å². The average molecular weight is 292 g/mol. The second-order valence-corrected chi connectivity index (χ2v) is 3.89. The van der Waals surface area contributed by atoms with Gasteiger partial charge in [-0.2, -0.15) is 5.10 Å². The summed E-state index contributed by atoms with van der Waals surface area (Å²) >= 11 is 0. The molecule has 9 heteroatoms. The maximum absolute atomic E-state index is 11.7. The molecular weight excluding hydrogens is 274 g/mol. The van der Waals surface area contributed by atoms with Crippen LogP contribution in [0.2, 0.25) is 0 Å². The van der Waals surface area contributed by atoms with E-state index in [2.05, 4.69) is 10.4 Å². The monoisotopic (exact) mass is 291 g/mol. The van der Waals surface area contributed by atoms with Gasteiger partial charge in [0.05, 0.1) is 4.92 Å². The highest BCUT2D eigenvalue weighted by molar-refractivity contribution is 5.85. The van der Waals surface area contributed by atoms with E-state index < -0.39 is 4.92 Å². The van der Waals surface area contributed by atoms with Gasteiger partial charge in [-0.3, -0.25) is 19.6 Å². The van der Waals surface area contributed by atoms with Crippen molar-refractivity contribution in [2.24, 2.45) is 0 Å². The summed E-state index contributed by atoms with van der Waals surface area (Å²) in [6, 6.07) is 0. The molecule has 19 heavy (non-hydrogen) atoms. The fraction of sp³-hybridized carbons (Fsp3) is 0.600. The minimum Gasteiger partial charge on any atom is -0.344 e. The molecule has 0 aromatic carbocycles. The first-order chi connectivity index (χ1) is 8.54. The summed E-state index contributed by atoms with van der Waals surface area (Å²) in [5.41, 5.74) is -0.0639. The Kier molecular flexibility index (Phi) is 7.69. The van der Waals surface area contributed by atoms with E-state index >= 15 is 0 Å². The second kappa shape index (κ2) is 8.44. The SMILES string of the molecule is CNCCN(C)C(=O)CCn1cc([N+](=O)[O-])cn1.Cl. The van der Waals surface area contributed by atoms with Gasteiger partial charge in [0.1, 0.15) is 12.4 Å². The highest BCUT2D eigenvalue weighted by atomic mass is 35.5. The lowest BCUT2D eigenvalue weighted by Crippen LogP contribution is -2.33. The van der Waals surface area contributed by atoms with Crippen molar-refractivity contribution in [1.82, 2.24) is 20.0 Å². The van der Waals surface area contributed by atoms with Crippen molar-refractivity contribution in [2.75, 3.05) is 27.2 Å². The molecule has 0 aliphatic carbocycles. The number of halogens is 1. The van der Waals surface area contributed by atoms with E-state index in [0.29, 0.717) is 13.1 Å². The van der Waals surface area contributed by atoms with E-state index in [-0.39, 0.29) is 30.4 Å². The summed E-state index contributed by atoms with van der Waals surface area (Å²) in [6.45, 7) is 1.71. The van der Waals surface area contributed by atoms with Gasteiger partial charge >= 0.3 is 5.69 Å². The van der Waals surface area contributed by atoms with Crippen LogP contribution in [0.5, 0.6) is 0 Å². The van der Waals surface area contributed by atoms with E-state index in [1.165, 1.54) is 17.1 Å². The van der Waals surface area contributed by atoms with Crippen LogP contribution in [-0.4, -0.2) is 52.7 Å². The zero-order chi connectivity index (χ0) is 13.5. The van der Waals surface area contributed by atoms with Crippen molar-refractivity contribution in [1.29, 1.82) is 0 Å². The highest BCUT2D eigenvalue weighted by Crippen LogP contribution is 2.08. The third kappa shape index (κ3) is 5.66. The molecule has 1 aromatic rings. The van der Waals surface area contributed by atoms with Crippen molar-refractivity contribution in [3.05, 3.63) is 22.5 Å². The normalized spacial score (nSPS) is 9.79. The fourth-order valence-electron chi connectivity index (χ4n) is 1.37. The lowest BCUT2D eigenvalue weighted by Gasteiger charge is -2.16. The van der Waals surface area contributed by atoms with E-state index in [0.717, 1.165) is 6.54 Å². The average Bonchev–Trinajstić information content (AvgIpc) is 2.81. The first-order valence-electron chi connectivity index (χ1n) is 5.60. The van der Waals surface area contributed by atoms with Gasteiger partial charge in [-0.1, -0.05) is 0 Å². The molecule has 1 N–H and O–H groups in total. The van der Waals surface area contributed by atoms with E-state index in [1.54, 1.807) is 11.9 Å².